The van der Waals surface area contributed by atoms with Crippen LogP contribution in [0.2, 0.25) is 0 Å². The maximum absolute atomic E-state index is 5.10. The number of fused-ring (bicyclic) bond motifs is 7. The van der Waals surface area contributed by atoms with Gasteiger partial charge < -0.3 is 4.57 Å². The zero-order chi connectivity index (χ0) is 33.0. The Morgan fingerprint density at radius 1 is 0.380 bits per heavy atom. The minimum Gasteiger partial charge on any atom is -0.308 e. The lowest BCUT2D eigenvalue weighted by atomic mass is 10.0. The molecule has 234 valence electrons. The Kier molecular flexibility index (Phi) is 6.64. The Bertz CT molecular complexity index is 2800. The Labute approximate surface area is 292 Å². The lowest BCUT2D eigenvalue weighted by Gasteiger charge is -2.11. The van der Waals surface area contributed by atoms with Crippen molar-refractivity contribution in [1.29, 1.82) is 0 Å². The van der Waals surface area contributed by atoms with Gasteiger partial charge in [0, 0.05) is 48.6 Å². The molecule has 10 rings (SSSR count). The van der Waals surface area contributed by atoms with Crippen molar-refractivity contribution in [3.63, 3.8) is 0 Å². The zero-order valence-electron chi connectivity index (χ0n) is 26.9. The molecule has 0 aliphatic rings. The number of thiophene rings is 1. The molecule has 0 bridgehead atoms. The Hall–Kier alpha value is -6.43. The monoisotopic (exact) mass is 656 g/mol. The summed E-state index contributed by atoms with van der Waals surface area (Å²) in [4.78, 5) is 15.1. The van der Waals surface area contributed by atoms with E-state index in [-0.39, 0.29) is 0 Å². The second-order valence-corrected chi connectivity index (χ2v) is 13.5. The smallest absolute Gasteiger partial charge is 0.165 e. The molecule has 0 aliphatic carbocycles. The van der Waals surface area contributed by atoms with E-state index in [0.29, 0.717) is 17.5 Å². The summed E-state index contributed by atoms with van der Waals surface area (Å²) in [5.74, 6) is 1.99. The number of benzene rings is 7. The Morgan fingerprint density at radius 2 is 0.920 bits per heavy atom. The van der Waals surface area contributed by atoms with Crippen molar-refractivity contribution in [2.75, 3.05) is 0 Å². The van der Waals surface area contributed by atoms with E-state index in [4.69, 9.17) is 15.0 Å². The summed E-state index contributed by atoms with van der Waals surface area (Å²) in [5.41, 5.74) is 8.86. The number of hydrogen-bond acceptors (Lipinski definition) is 4. The van der Waals surface area contributed by atoms with Gasteiger partial charge in [-0.2, -0.15) is 0 Å². The van der Waals surface area contributed by atoms with Crippen LogP contribution in [0, 0.1) is 0 Å². The number of para-hydroxylation sites is 1. The Morgan fingerprint density at radius 3 is 1.64 bits per heavy atom. The predicted octanol–water partition coefficient (Wildman–Crippen LogP) is 12.0. The van der Waals surface area contributed by atoms with Crippen LogP contribution in [-0.2, 0) is 0 Å². The van der Waals surface area contributed by atoms with E-state index >= 15 is 0 Å². The van der Waals surface area contributed by atoms with Gasteiger partial charge in [-0.3, -0.25) is 0 Å². The third-order valence-corrected chi connectivity index (χ3v) is 10.7. The van der Waals surface area contributed by atoms with E-state index in [1.165, 1.54) is 48.4 Å². The summed E-state index contributed by atoms with van der Waals surface area (Å²) in [6.07, 6.45) is 0. The van der Waals surface area contributed by atoms with Crippen LogP contribution in [0.3, 0.4) is 0 Å². The van der Waals surface area contributed by atoms with E-state index in [1.54, 1.807) is 0 Å². The van der Waals surface area contributed by atoms with Gasteiger partial charge in [0.25, 0.3) is 0 Å². The zero-order valence-corrected chi connectivity index (χ0v) is 27.7. The van der Waals surface area contributed by atoms with Crippen LogP contribution in [0.1, 0.15) is 0 Å². The van der Waals surface area contributed by atoms with Crippen LogP contribution in [0.25, 0.3) is 93.0 Å². The average Bonchev–Trinajstić information content (AvgIpc) is 3.75. The summed E-state index contributed by atoms with van der Waals surface area (Å²) in [6.45, 7) is 0. The molecule has 3 heterocycles. The molecule has 0 fully saturated rings. The molecule has 0 unspecified atom stereocenters. The predicted molar refractivity (Wildman–Crippen MR) is 209 cm³/mol. The molecular weight excluding hydrogens is 629 g/mol. The van der Waals surface area contributed by atoms with Crippen LogP contribution in [0.5, 0.6) is 0 Å². The van der Waals surface area contributed by atoms with Crippen molar-refractivity contribution >= 4 is 53.3 Å². The lowest BCUT2D eigenvalue weighted by molar-refractivity contribution is 1.08. The topological polar surface area (TPSA) is 43.6 Å². The van der Waals surface area contributed by atoms with Gasteiger partial charge in [0.05, 0.1) is 15.7 Å². The van der Waals surface area contributed by atoms with Crippen molar-refractivity contribution in [3.05, 3.63) is 170 Å². The lowest BCUT2D eigenvalue weighted by Crippen LogP contribution is -2.00. The van der Waals surface area contributed by atoms with Gasteiger partial charge in [0.1, 0.15) is 0 Å². The van der Waals surface area contributed by atoms with Crippen molar-refractivity contribution < 1.29 is 0 Å². The first-order chi connectivity index (χ1) is 24.8. The highest BCUT2D eigenvalue weighted by Crippen LogP contribution is 2.45. The highest BCUT2D eigenvalue weighted by atomic mass is 32.1. The van der Waals surface area contributed by atoms with Gasteiger partial charge in [-0.25, -0.2) is 15.0 Å². The van der Waals surface area contributed by atoms with Crippen LogP contribution < -0.4 is 0 Å². The van der Waals surface area contributed by atoms with Gasteiger partial charge in [0.2, 0.25) is 0 Å². The van der Waals surface area contributed by atoms with Crippen molar-refractivity contribution in [3.8, 4) is 51.0 Å². The normalized spacial score (nSPS) is 11.6. The number of hydrogen-bond donors (Lipinski definition) is 0. The molecule has 0 saturated carbocycles. The third kappa shape index (κ3) is 4.63. The number of aromatic nitrogens is 4. The van der Waals surface area contributed by atoms with Crippen LogP contribution in [0.4, 0.5) is 0 Å². The van der Waals surface area contributed by atoms with Crippen molar-refractivity contribution in [2.24, 2.45) is 0 Å². The molecule has 5 heteroatoms. The van der Waals surface area contributed by atoms with Gasteiger partial charge in [0.15, 0.2) is 17.5 Å². The second-order valence-electron chi connectivity index (χ2n) is 12.4. The summed E-state index contributed by atoms with van der Waals surface area (Å²) in [5, 5.41) is 4.90. The highest BCUT2D eigenvalue weighted by molar-refractivity contribution is 7.27. The molecule has 0 atom stereocenters. The molecule has 0 amide bonds. The minimum atomic E-state index is 0.661. The number of rotatable bonds is 5. The fraction of sp³-hybridized carbons (Fsp3) is 0. The molecule has 0 aliphatic heterocycles. The highest BCUT2D eigenvalue weighted by Gasteiger charge is 2.21. The maximum Gasteiger partial charge on any atom is 0.165 e. The fourth-order valence-electron chi connectivity index (χ4n) is 7.13. The van der Waals surface area contributed by atoms with Gasteiger partial charge in [-0.15, -0.1) is 11.3 Å². The SMILES string of the molecule is c1ccc(-c2cccc(-n3c4ccccc4c4ccc5c6cccc(-c7nc(-c8ccccc8)nc(-c8ccccc8)n7)c6sc5c43)c2)cc1. The quantitative estimate of drug-likeness (QED) is 0.185. The molecule has 0 N–H and O–H groups in total. The summed E-state index contributed by atoms with van der Waals surface area (Å²) in [7, 11) is 0. The van der Waals surface area contributed by atoms with Gasteiger partial charge in [-0.05, 0) is 35.4 Å². The largest absolute Gasteiger partial charge is 0.308 e. The summed E-state index contributed by atoms with van der Waals surface area (Å²) < 4.78 is 4.85. The van der Waals surface area contributed by atoms with Crippen LogP contribution in [-0.4, -0.2) is 19.5 Å². The summed E-state index contributed by atoms with van der Waals surface area (Å²) >= 11 is 1.82. The first-order valence-electron chi connectivity index (χ1n) is 16.7. The van der Waals surface area contributed by atoms with Crippen LogP contribution in [0.15, 0.2) is 170 Å². The van der Waals surface area contributed by atoms with Crippen LogP contribution >= 0.6 is 11.3 Å². The molecule has 0 radical (unpaired) electrons. The molecular formula is C45H28N4S. The standard InChI is InChI=1S/C45H28N4S/c1-4-14-29(15-5-1)32-20-12-21-33(28-32)49-39-25-11-10-22-34(39)35-26-27-37-36-23-13-24-38(41(36)50-42(37)40(35)49)45-47-43(30-16-6-2-7-17-30)46-44(48-45)31-18-8-3-9-19-31/h1-28H. The first kappa shape index (κ1) is 28.6. The van der Waals surface area contributed by atoms with E-state index in [9.17, 15) is 0 Å². The van der Waals surface area contributed by atoms with Gasteiger partial charge >= 0.3 is 0 Å². The van der Waals surface area contributed by atoms with E-state index in [1.807, 2.05) is 47.7 Å². The average molecular weight is 657 g/mol. The Balaban J connectivity index is 1.25. The second kappa shape index (κ2) is 11.6. The summed E-state index contributed by atoms with van der Waals surface area (Å²) in [6, 6.07) is 59.6. The first-order valence-corrected chi connectivity index (χ1v) is 17.5. The van der Waals surface area contributed by atoms with E-state index < -0.39 is 0 Å². The minimum absolute atomic E-state index is 0.661. The molecule has 3 aromatic heterocycles. The molecule has 0 spiro atoms. The van der Waals surface area contributed by atoms with Crippen molar-refractivity contribution in [2.45, 2.75) is 0 Å². The molecule has 50 heavy (non-hydrogen) atoms. The van der Waals surface area contributed by atoms with Gasteiger partial charge in [-0.1, -0.05) is 146 Å². The maximum atomic E-state index is 5.10. The number of nitrogens with zero attached hydrogens (tertiary/aromatic N) is 4. The van der Waals surface area contributed by atoms with E-state index in [2.05, 4.69) is 138 Å². The van der Waals surface area contributed by atoms with E-state index in [0.717, 1.165) is 27.1 Å². The molecule has 7 aromatic carbocycles. The molecule has 10 aromatic rings. The fourth-order valence-corrected chi connectivity index (χ4v) is 8.48. The molecule has 0 saturated heterocycles. The van der Waals surface area contributed by atoms with Crippen molar-refractivity contribution in [1.82, 2.24) is 19.5 Å². The third-order valence-electron chi connectivity index (χ3n) is 9.45. The molecule has 4 nitrogen and oxygen atoms in total.